The third-order valence-electron chi connectivity index (χ3n) is 1.72. The number of nitrogens with zero attached hydrogens (tertiary/aromatic N) is 1. The first-order valence-electron chi connectivity index (χ1n) is 4.07. The van der Waals surface area contributed by atoms with Gasteiger partial charge in [0.05, 0.1) is 0 Å². The molecule has 0 atom stereocenters. The summed E-state index contributed by atoms with van der Waals surface area (Å²) in [5.74, 6) is 0. The van der Waals surface area contributed by atoms with Crippen LogP contribution in [0.4, 0.5) is 0 Å². The molecule has 0 amide bonds. The number of ether oxygens (including phenoxy) is 1. The van der Waals surface area contributed by atoms with E-state index in [-0.39, 0.29) is 5.69 Å². The Morgan fingerprint density at radius 2 is 2.42 bits per heavy atom. The van der Waals surface area contributed by atoms with Crippen molar-refractivity contribution in [2.45, 2.75) is 19.4 Å². The predicted molar refractivity (Wildman–Crippen MR) is 46.2 cm³/mol. The molecule has 12 heavy (non-hydrogen) atoms. The van der Waals surface area contributed by atoms with E-state index in [1.807, 2.05) is 0 Å². The molecule has 0 bridgehead atoms. The van der Waals surface area contributed by atoms with E-state index >= 15 is 0 Å². The Labute approximate surface area is 71.2 Å². The summed E-state index contributed by atoms with van der Waals surface area (Å²) in [6.07, 6.45) is 5.38. The minimum atomic E-state index is -0.0348. The summed E-state index contributed by atoms with van der Waals surface area (Å²) in [6.45, 7) is 1.53. The maximum atomic E-state index is 11.0. The van der Waals surface area contributed by atoms with Crippen molar-refractivity contribution >= 4 is 0 Å². The Morgan fingerprint density at radius 1 is 1.58 bits per heavy atom. The largest absolute Gasteiger partial charge is 0.385 e. The van der Waals surface area contributed by atoms with E-state index < -0.39 is 0 Å². The Morgan fingerprint density at radius 3 is 3.00 bits per heavy atom. The molecule has 4 nitrogen and oxygen atoms in total. The molecule has 0 unspecified atom stereocenters. The van der Waals surface area contributed by atoms with Crippen LogP contribution < -0.4 is 5.69 Å². The summed E-state index contributed by atoms with van der Waals surface area (Å²) < 4.78 is 6.56. The molecule has 1 N–H and O–H groups in total. The van der Waals surface area contributed by atoms with E-state index in [9.17, 15) is 4.79 Å². The first-order chi connectivity index (χ1) is 5.84. The number of unbranched alkanes of at least 4 members (excludes halogenated alkanes) is 1. The topological polar surface area (TPSA) is 47.0 Å². The van der Waals surface area contributed by atoms with Crippen LogP contribution in [0.1, 0.15) is 12.8 Å². The van der Waals surface area contributed by atoms with Crippen molar-refractivity contribution in [3.05, 3.63) is 22.9 Å². The van der Waals surface area contributed by atoms with Gasteiger partial charge in [0.15, 0.2) is 0 Å². The van der Waals surface area contributed by atoms with Crippen molar-refractivity contribution in [1.29, 1.82) is 0 Å². The lowest BCUT2D eigenvalue weighted by Gasteiger charge is -1.99. The number of hydrogen-bond acceptors (Lipinski definition) is 2. The van der Waals surface area contributed by atoms with E-state index in [2.05, 4.69) is 4.98 Å². The molecule has 1 aromatic rings. The number of methoxy groups -OCH3 is 1. The van der Waals surface area contributed by atoms with Crippen LogP contribution in [0.15, 0.2) is 17.2 Å². The van der Waals surface area contributed by atoms with Crippen LogP contribution in [0, 0.1) is 0 Å². The number of aromatic nitrogens is 2. The van der Waals surface area contributed by atoms with E-state index in [1.165, 1.54) is 0 Å². The van der Waals surface area contributed by atoms with Crippen molar-refractivity contribution < 1.29 is 4.74 Å². The lowest BCUT2D eigenvalue weighted by Crippen LogP contribution is -2.16. The van der Waals surface area contributed by atoms with Gasteiger partial charge in [-0.3, -0.25) is 4.57 Å². The fraction of sp³-hybridized carbons (Fsp3) is 0.625. The van der Waals surface area contributed by atoms with Crippen LogP contribution in [-0.2, 0) is 11.3 Å². The van der Waals surface area contributed by atoms with Gasteiger partial charge in [0.2, 0.25) is 0 Å². The third-order valence-corrected chi connectivity index (χ3v) is 1.72. The Hall–Kier alpha value is -1.03. The summed E-state index contributed by atoms with van der Waals surface area (Å²) in [5, 5.41) is 0. The molecular formula is C8H14N2O2. The summed E-state index contributed by atoms with van der Waals surface area (Å²) >= 11 is 0. The molecular weight excluding hydrogens is 156 g/mol. The van der Waals surface area contributed by atoms with Crippen LogP contribution in [0.3, 0.4) is 0 Å². The van der Waals surface area contributed by atoms with Crippen molar-refractivity contribution in [1.82, 2.24) is 9.55 Å². The zero-order valence-corrected chi connectivity index (χ0v) is 7.25. The molecule has 0 spiro atoms. The second-order valence-electron chi connectivity index (χ2n) is 2.66. The lowest BCUT2D eigenvalue weighted by molar-refractivity contribution is 0.191. The second-order valence-corrected chi connectivity index (χ2v) is 2.66. The van der Waals surface area contributed by atoms with E-state index in [4.69, 9.17) is 4.74 Å². The number of H-pyrrole nitrogens is 1. The average Bonchev–Trinajstić information content (AvgIpc) is 2.46. The van der Waals surface area contributed by atoms with Crippen molar-refractivity contribution in [2.75, 3.05) is 13.7 Å². The standard InChI is InChI=1S/C8H14N2O2/c1-12-7-3-2-5-10-6-4-9-8(10)11/h4,6H,2-3,5,7H2,1H3,(H,9,11). The molecule has 0 aliphatic carbocycles. The third kappa shape index (κ3) is 2.54. The molecule has 0 saturated carbocycles. The maximum Gasteiger partial charge on any atom is 0.325 e. The molecule has 0 fully saturated rings. The van der Waals surface area contributed by atoms with Gasteiger partial charge in [0.25, 0.3) is 0 Å². The normalized spacial score (nSPS) is 10.4. The van der Waals surface area contributed by atoms with Gasteiger partial charge in [0.1, 0.15) is 0 Å². The van der Waals surface area contributed by atoms with Crippen LogP contribution in [0.25, 0.3) is 0 Å². The summed E-state index contributed by atoms with van der Waals surface area (Å²) in [5.41, 5.74) is -0.0348. The van der Waals surface area contributed by atoms with Gasteiger partial charge in [-0.25, -0.2) is 4.79 Å². The molecule has 68 valence electrons. The molecule has 0 aliphatic rings. The van der Waals surface area contributed by atoms with Gasteiger partial charge in [-0.1, -0.05) is 0 Å². The molecule has 0 radical (unpaired) electrons. The minimum Gasteiger partial charge on any atom is -0.385 e. The molecule has 0 aliphatic heterocycles. The van der Waals surface area contributed by atoms with Gasteiger partial charge in [0, 0.05) is 32.7 Å². The zero-order valence-electron chi connectivity index (χ0n) is 7.25. The molecule has 4 heteroatoms. The smallest absolute Gasteiger partial charge is 0.325 e. The minimum absolute atomic E-state index is 0.0348. The van der Waals surface area contributed by atoms with E-state index in [0.717, 1.165) is 26.0 Å². The number of aromatic amines is 1. The summed E-state index contributed by atoms with van der Waals surface area (Å²) in [7, 11) is 1.68. The van der Waals surface area contributed by atoms with E-state index in [0.29, 0.717) is 0 Å². The highest BCUT2D eigenvalue weighted by molar-refractivity contribution is 4.75. The number of nitrogens with one attached hydrogen (secondary N) is 1. The quantitative estimate of drug-likeness (QED) is 0.658. The van der Waals surface area contributed by atoms with Gasteiger partial charge >= 0.3 is 5.69 Å². The summed E-state index contributed by atoms with van der Waals surface area (Å²) in [6, 6.07) is 0. The van der Waals surface area contributed by atoms with Crippen LogP contribution in [0.5, 0.6) is 0 Å². The monoisotopic (exact) mass is 170 g/mol. The van der Waals surface area contributed by atoms with Crippen molar-refractivity contribution in [3.63, 3.8) is 0 Å². The maximum absolute atomic E-state index is 11.0. The Bertz CT molecular complexity index is 264. The SMILES string of the molecule is COCCCCn1cc[nH]c1=O. The van der Waals surface area contributed by atoms with Crippen molar-refractivity contribution in [2.24, 2.45) is 0 Å². The molecule has 0 aromatic carbocycles. The predicted octanol–water partition coefficient (Wildman–Crippen LogP) is 0.603. The first kappa shape index (κ1) is 9.06. The first-order valence-corrected chi connectivity index (χ1v) is 4.07. The van der Waals surface area contributed by atoms with Gasteiger partial charge < -0.3 is 9.72 Å². The molecule has 0 saturated heterocycles. The Balaban J connectivity index is 2.24. The average molecular weight is 170 g/mol. The summed E-state index contributed by atoms with van der Waals surface area (Å²) in [4.78, 5) is 13.5. The fourth-order valence-electron chi connectivity index (χ4n) is 1.05. The van der Waals surface area contributed by atoms with Gasteiger partial charge in [-0.15, -0.1) is 0 Å². The van der Waals surface area contributed by atoms with Crippen LogP contribution in [0.2, 0.25) is 0 Å². The lowest BCUT2D eigenvalue weighted by atomic mass is 10.3. The number of hydrogen-bond donors (Lipinski definition) is 1. The van der Waals surface area contributed by atoms with E-state index in [1.54, 1.807) is 24.1 Å². The van der Waals surface area contributed by atoms with Gasteiger partial charge in [-0.2, -0.15) is 0 Å². The van der Waals surface area contributed by atoms with Crippen molar-refractivity contribution in [3.8, 4) is 0 Å². The zero-order chi connectivity index (χ0) is 8.81. The highest BCUT2D eigenvalue weighted by atomic mass is 16.5. The second kappa shape index (κ2) is 4.77. The Kier molecular flexibility index (Phi) is 3.60. The fourth-order valence-corrected chi connectivity index (χ4v) is 1.05. The molecule has 1 aromatic heterocycles. The molecule has 1 heterocycles. The van der Waals surface area contributed by atoms with Gasteiger partial charge in [-0.05, 0) is 12.8 Å². The number of imidazole rings is 1. The van der Waals surface area contributed by atoms with Crippen LogP contribution >= 0.6 is 0 Å². The molecule has 1 rings (SSSR count). The van der Waals surface area contributed by atoms with Crippen LogP contribution in [-0.4, -0.2) is 23.3 Å². The number of rotatable bonds is 5. The number of aryl methyl sites for hydroxylation is 1. The highest BCUT2D eigenvalue weighted by Gasteiger charge is 1.94. The highest BCUT2D eigenvalue weighted by Crippen LogP contribution is 1.92.